The number of hydrogen-bond acceptors (Lipinski definition) is 4. The Morgan fingerprint density at radius 2 is 1.71 bits per heavy atom. The van der Waals surface area contributed by atoms with Gasteiger partial charge in [0.15, 0.2) is 5.96 Å². The van der Waals surface area contributed by atoms with Crippen LogP contribution in [0, 0.1) is 0 Å². The van der Waals surface area contributed by atoms with Crippen molar-refractivity contribution in [1.29, 1.82) is 0 Å². The first-order valence-electron chi connectivity index (χ1n) is 11.5. The maximum absolute atomic E-state index is 4.75. The Morgan fingerprint density at radius 1 is 1.00 bits per heavy atom. The summed E-state index contributed by atoms with van der Waals surface area (Å²) in [4.78, 5) is 7.34. The van der Waals surface area contributed by atoms with Crippen LogP contribution in [-0.4, -0.2) is 51.8 Å². The summed E-state index contributed by atoms with van der Waals surface area (Å²) in [7, 11) is 0. The minimum absolute atomic E-state index is 0. The molecule has 8 heteroatoms. The van der Waals surface area contributed by atoms with E-state index in [1.54, 1.807) is 6.33 Å². The second-order valence-electron chi connectivity index (χ2n) is 7.92. The van der Waals surface area contributed by atoms with E-state index in [2.05, 4.69) is 68.4 Å². The van der Waals surface area contributed by atoms with Crippen molar-refractivity contribution in [2.45, 2.75) is 65.6 Å². The number of nitrogens with zero attached hydrogens (tertiary/aromatic N) is 5. The van der Waals surface area contributed by atoms with Crippen LogP contribution in [0.3, 0.4) is 0 Å². The topological polar surface area (TPSA) is 70.4 Å². The van der Waals surface area contributed by atoms with Gasteiger partial charge >= 0.3 is 0 Å². The highest BCUT2D eigenvalue weighted by Crippen LogP contribution is 2.14. The van der Waals surface area contributed by atoms with Crippen LogP contribution in [0.1, 0.15) is 56.5 Å². The van der Waals surface area contributed by atoms with Gasteiger partial charge in [-0.2, -0.15) is 0 Å². The molecular weight excluding hydrogens is 501 g/mol. The van der Waals surface area contributed by atoms with Crippen molar-refractivity contribution < 1.29 is 0 Å². The molecular formula is C23H38IN7. The Bertz CT molecular complexity index is 764. The molecule has 0 spiro atoms. The van der Waals surface area contributed by atoms with Gasteiger partial charge in [-0.25, -0.2) is 4.99 Å². The van der Waals surface area contributed by atoms with Gasteiger partial charge in [-0.3, -0.25) is 4.90 Å². The fraction of sp³-hybridized carbons (Fsp3) is 0.609. The fourth-order valence-electron chi connectivity index (χ4n) is 3.85. The predicted octanol–water partition coefficient (Wildman–Crippen LogP) is 3.59. The maximum Gasteiger partial charge on any atom is 0.191 e. The summed E-state index contributed by atoms with van der Waals surface area (Å²) in [5.74, 6) is 1.86. The Balaban J connectivity index is 0.00000341. The molecule has 0 unspecified atom stereocenters. The Morgan fingerprint density at radius 3 is 2.39 bits per heavy atom. The highest BCUT2D eigenvalue weighted by Gasteiger charge is 2.09. The second-order valence-corrected chi connectivity index (χ2v) is 7.92. The van der Waals surface area contributed by atoms with Crippen molar-refractivity contribution in [3.63, 3.8) is 0 Å². The molecule has 3 rings (SSSR count). The standard InChI is InChI=1S/C23H37N7.HI/c1-3-22-28-27-19-30(22)16-13-25-23(24-4-2)26-17-20-9-11-21(12-10-20)18-29-14-7-5-6-8-15-29;/h9-12,19H,3-8,13-18H2,1-2H3,(H2,24,25,26);1H. The summed E-state index contributed by atoms with van der Waals surface area (Å²) in [5.41, 5.74) is 2.63. The molecule has 1 saturated heterocycles. The van der Waals surface area contributed by atoms with Crippen LogP contribution in [0.15, 0.2) is 35.6 Å². The largest absolute Gasteiger partial charge is 0.357 e. The number of likely N-dealkylation sites (tertiary alicyclic amines) is 1. The van der Waals surface area contributed by atoms with E-state index in [1.807, 2.05) is 0 Å². The molecule has 172 valence electrons. The van der Waals surface area contributed by atoms with E-state index < -0.39 is 0 Å². The molecule has 1 aromatic carbocycles. The van der Waals surface area contributed by atoms with Crippen molar-refractivity contribution in [1.82, 2.24) is 30.3 Å². The number of hydrogen-bond donors (Lipinski definition) is 2. The lowest BCUT2D eigenvalue weighted by Gasteiger charge is -2.19. The zero-order valence-electron chi connectivity index (χ0n) is 19.0. The number of rotatable bonds is 9. The van der Waals surface area contributed by atoms with Gasteiger partial charge in [0.05, 0.1) is 6.54 Å². The maximum atomic E-state index is 4.75. The van der Waals surface area contributed by atoms with Gasteiger partial charge in [0.2, 0.25) is 0 Å². The van der Waals surface area contributed by atoms with Gasteiger partial charge in [-0.05, 0) is 44.0 Å². The minimum atomic E-state index is 0. The molecule has 7 nitrogen and oxygen atoms in total. The van der Waals surface area contributed by atoms with E-state index in [0.29, 0.717) is 6.54 Å². The quantitative estimate of drug-likeness (QED) is 0.290. The molecule has 1 aromatic heterocycles. The third-order valence-electron chi connectivity index (χ3n) is 5.55. The molecule has 0 radical (unpaired) electrons. The lowest BCUT2D eigenvalue weighted by atomic mass is 10.1. The molecule has 2 heterocycles. The van der Waals surface area contributed by atoms with Crippen molar-refractivity contribution >= 4 is 29.9 Å². The summed E-state index contributed by atoms with van der Waals surface area (Å²) in [5, 5.41) is 14.8. The average Bonchev–Trinajstić information content (AvgIpc) is 3.07. The number of guanidine groups is 1. The van der Waals surface area contributed by atoms with E-state index in [1.165, 1.54) is 49.9 Å². The predicted molar refractivity (Wildman–Crippen MR) is 138 cm³/mol. The van der Waals surface area contributed by atoms with Crippen LogP contribution in [0.25, 0.3) is 0 Å². The monoisotopic (exact) mass is 539 g/mol. The van der Waals surface area contributed by atoms with E-state index >= 15 is 0 Å². The molecule has 0 atom stereocenters. The van der Waals surface area contributed by atoms with Crippen LogP contribution < -0.4 is 10.6 Å². The average molecular weight is 540 g/mol. The number of halogens is 1. The van der Waals surface area contributed by atoms with E-state index in [4.69, 9.17) is 4.99 Å². The summed E-state index contributed by atoms with van der Waals surface area (Å²) >= 11 is 0. The molecule has 1 aliphatic heterocycles. The Labute approximate surface area is 204 Å². The third kappa shape index (κ3) is 8.76. The van der Waals surface area contributed by atoms with E-state index in [9.17, 15) is 0 Å². The van der Waals surface area contributed by atoms with Crippen LogP contribution >= 0.6 is 24.0 Å². The summed E-state index contributed by atoms with van der Waals surface area (Å²) in [6.07, 6.45) is 8.12. The number of benzene rings is 1. The SMILES string of the molecule is CCNC(=NCc1ccc(CN2CCCCCC2)cc1)NCCn1cnnc1CC.I. The van der Waals surface area contributed by atoms with Gasteiger partial charge < -0.3 is 15.2 Å². The smallest absolute Gasteiger partial charge is 0.191 e. The van der Waals surface area contributed by atoms with Gasteiger partial charge in [0, 0.05) is 32.6 Å². The molecule has 1 fully saturated rings. The van der Waals surface area contributed by atoms with Crippen molar-refractivity contribution in [3.8, 4) is 0 Å². The lowest BCUT2D eigenvalue weighted by Crippen LogP contribution is -2.38. The summed E-state index contributed by atoms with van der Waals surface area (Å²) < 4.78 is 2.08. The molecule has 31 heavy (non-hydrogen) atoms. The van der Waals surface area contributed by atoms with Gasteiger partial charge in [-0.15, -0.1) is 34.2 Å². The molecule has 1 aliphatic rings. The van der Waals surface area contributed by atoms with E-state index in [-0.39, 0.29) is 24.0 Å². The normalized spacial score (nSPS) is 15.2. The van der Waals surface area contributed by atoms with Crippen molar-refractivity contribution in [2.24, 2.45) is 4.99 Å². The third-order valence-corrected chi connectivity index (χ3v) is 5.55. The number of aromatic nitrogens is 3. The zero-order valence-corrected chi connectivity index (χ0v) is 21.3. The molecule has 0 aliphatic carbocycles. The zero-order chi connectivity index (χ0) is 21.0. The highest BCUT2D eigenvalue weighted by molar-refractivity contribution is 14.0. The fourth-order valence-corrected chi connectivity index (χ4v) is 3.85. The van der Waals surface area contributed by atoms with Crippen LogP contribution in [0.4, 0.5) is 0 Å². The molecule has 0 bridgehead atoms. The Hall–Kier alpha value is -1.68. The van der Waals surface area contributed by atoms with Gasteiger partial charge in [0.1, 0.15) is 12.2 Å². The summed E-state index contributed by atoms with van der Waals surface area (Å²) in [6, 6.07) is 8.94. The van der Waals surface area contributed by atoms with Gasteiger partial charge in [0.25, 0.3) is 0 Å². The number of aliphatic imine (C=N–C) groups is 1. The Kier molecular flexibility index (Phi) is 11.9. The number of aryl methyl sites for hydroxylation is 1. The van der Waals surface area contributed by atoms with Crippen LogP contribution in [0.5, 0.6) is 0 Å². The highest BCUT2D eigenvalue weighted by atomic mass is 127. The molecule has 2 aromatic rings. The van der Waals surface area contributed by atoms with Crippen molar-refractivity contribution in [3.05, 3.63) is 47.5 Å². The van der Waals surface area contributed by atoms with E-state index in [0.717, 1.165) is 44.4 Å². The molecule has 0 saturated carbocycles. The first-order valence-corrected chi connectivity index (χ1v) is 11.5. The second kappa shape index (κ2) is 14.4. The van der Waals surface area contributed by atoms with Crippen molar-refractivity contribution in [2.75, 3.05) is 26.2 Å². The van der Waals surface area contributed by atoms with Crippen LogP contribution in [-0.2, 0) is 26.1 Å². The minimum Gasteiger partial charge on any atom is -0.357 e. The number of nitrogens with one attached hydrogen (secondary N) is 2. The first kappa shape index (κ1) is 25.6. The lowest BCUT2D eigenvalue weighted by molar-refractivity contribution is 0.277. The molecule has 0 amide bonds. The summed E-state index contributed by atoms with van der Waals surface area (Å²) in [6.45, 7) is 10.8. The molecule has 2 N–H and O–H groups in total. The van der Waals surface area contributed by atoms with Crippen LogP contribution in [0.2, 0.25) is 0 Å². The van der Waals surface area contributed by atoms with Gasteiger partial charge in [-0.1, -0.05) is 44.0 Å². The first-order chi connectivity index (χ1) is 14.8.